The summed E-state index contributed by atoms with van der Waals surface area (Å²) in [4.78, 5) is 4.97. The van der Waals surface area contributed by atoms with Crippen LogP contribution < -0.4 is 15.0 Å². The van der Waals surface area contributed by atoms with Crippen LogP contribution in [0.4, 0.5) is 5.69 Å². The number of ether oxygens (including phenoxy) is 1. The summed E-state index contributed by atoms with van der Waals surface area (Å²) in [5.41, 5.74) is 1.31. The quantitative estimate of drug-likeness (QED) is 0.924. The van der Waals surface area contributed by atoms with Crippen molar-refractivity contribution in [1.29, 1.82) is 0 Å². The molecule has 122 valence electrons. The topological polar surface area (TPSA) is 27.7 Å². The highest BCUT2D eigenvalue weighted by molar-refractivity contribution is 5.49. The Labute approximate surface area is 134 Å². The molecule has 0 atom stereocenters. The third-order valence-corrected chi connectivity index (χ3v) is 4.83. The fraction of sp³-hybridized carbons (Fsp3) is 0.667. The van der Waals surface area contributed by atoms with Gasteiger partial charge in [-0.25, -0.2) is 0 Å². The van der Waals surface area contributed by atoms with E-state index >= 15 is 0 Å². The molecule has 2 saturated heterocycles. The van der Waals surface area contributed by atoms with E-state index in [1.165, 1.54) is 5.69 Å². The van der Waals surface area contributed by atoms with Crippen LogP contribution in [0.1, 0.15) is 26.7 Å². The maximum absolute atomic E-state index is 6.17. The van der Waals surface area contributed by atoms with E-state index in [9.17, 15) is 0 Å². The van der Waals surface area contributed by atoms with Gasteiger partial charge in [0, 0.05) is 51.0 Å². The molecule has 0 aliphatic carbocycles. The van der Waals surface area contributed by atoms with E-state index in [1.54, 1.807) is 0 Å². The summed E-state index contributed by atoms with van der Waals surface area (Å²) in [5, 5.41) is 3.39. The number of anilines is 1. The largest absolute Gasteiger partial charge is 0.490 e. The van der Waals surface area contributed by atoms with Crippen LogP contribution in [0.25, 0.3) is 0 Å². The van der Waals surface area contributed by atoms with Crippen molar-refractivity contribution >= 4 is 5.69 Å². The van der Waals surface area contributed by atoms with Gasteiger partial charge in [-0.2, -0.15) is 0 Å². The zero-order valence-corrected chi connectivity index (χ0v) is 13.9. The Kier molecular flexibility index (Phi) is 5.21. The average Bonchev–Trinajstić information content (AvgIpc) is 2.57. The molecule has 0 amide bonds. The molecule has 2 heterocycles. The fourth-order valence-corrected chi connectivity index (χ4v) is 3.36. The van der Waals surface area contributed by atoms with Crippen LogP contribution in [0.3, 0.4) is 0 Å². The molecule has 1 aromatic carbocycles. The zero-order valence-electron chi connectivity index (χ0n) is 13.9. The standard InChI is InChI=1S/C18H29N3O/c1-15(2)20-11-7-18(8-12-20)22-17-5-3-16(4-6-17)21-13-9-19-10-14-21/h3-6,15,18-19H,7-14H2,1-2H3. The van der Waals surface area contributed by atoms with Crippen LogP contribution in [-0.4, -0.2) is 56.3 Å². The van der Waals surface area contributed by atoms with Crippen molar-refractivity contribution < 1.29 is 4.74 Å². The van der Waals surface area contributed by atoms with Gasteiger partial charge in [0.1, 0.15) is 11.9 Å². The van der Waals surface area contributed by atoms with Crippen molar-refractivity contribution in [2.24, 2.45) is 0 Å². The lowest BCUT2D eigenvalue weighted by Gasteiger charge is -2.34. The van der Waals surface area contributed by atoms with Gasteiger partial charge in [-0.05, 0) is 51.0 Å². The second kappa shape index (κ2) is 7.34. The van der Waals surface area contributed by atoms with Crippen molar-refractivity contribution in [2.45, 2.75) is 38.8 Å². The molecule has 2 aliphatic rings. The highest BCUT2D eigenvalue weighted by atomic mass is 16.5. The summed E-state index contributed by atoms with van der Waals surface area (Å²) in [6, 6.07) is 9.31. The Morgan fingerprint density at radius 3 is 2.23 bits per heavy atom. The van der Waals surface area contributed by atoms with Crippen LogP contribution in [0.15, 0.2) is 24.3 Å². The van der Waals surface area contributed by atoms with Crippen molar-refractivity contribution in [3.05, 3.63) is 24.3 Å². The van der Waals surface area contributed by atoms with E-state index in [0.29, 0.717) is 12.1 Å². The van der Waals surface area contributed by atoms with Crippen LogP contribution in [0.2, 0.25) is 0 Å². The molecule has 1 aromatic rings. The van der Waals surface area contributed by atoms with Crippen LogP contribution in [0.5, 0.6) is 5.75 Å². The first-order chi connectivity index (χ1) is 10.7. The highest BCUT2D eigenvalue weighted by Crippen LogP contribution is 2.23. The van der Waals surface area contributed by atoms with Crippen molar-refractivity contribution in [2.75, 3.05) is 44.2 Å². The number of piperidine rings is 1. The summed E-state index contributed by atoms with van der Waals surface area (Å²) in [7, 11) is 0. The van der Waals surface area contributed by atoms with E-state index in [4.69, 9.17) is 4.74 Å². The van der Waals surface area contributed by atoms with E-state index in [0.717, 1.165) is 57.9 Å². The van der Waals surface area contributed by atoms with Crippen LogP contribution in [0, 0.1) is 0 Å². The number of hydrogen-bond donors (Lipinski definition) is 1. The Bertz CT molecular complexity index is 446. The van der Waals surface area contributed by atoms with Gasteiger partial charge < -0.3 is 19.9 Å². The molecule has 1 N–H and O–H groups in total. The van der Waals surface area contributed by atoms with Gasteiger partial charge in [0.2, 0.25) is 0 Å². The normalized spacial score (nSPS) is 21.3. The van der Waals surface area contributed by atoms with Crippen molar-refractivity contribution in [3.8, 4) is 5.75 Å². The lowest BCUT2D eigenvalue weighted by Crippen LogP contribution is -2.43. The van der Waals surface area contributed by atoms with Crippen LogP contribution >= 0.6 is 0 Å². The van der Waals surface area contributed by atoms with E-state index in [-0.39, 0.29) is 0 Å². The molecule has 2 fully saturated rings. The van der Waals surface area contributed by atoms with Crippen molar-refractivity contribution in [1.82, 2.24) is 10.2 Å². The minimum absolute atomic E-state index is 0.375. The molecule has 2 aliphatic heterocycles. The predicted octanol–water partition coefficient (Wildman–Crippen LogP) is 2.35. The number of piperazine rings is 1. The molecule has 0 saturated carbocycles. The Hall–Kier alpha value is -1.26. The molecule has 3 rings (SSSR count). The smallest absolute Gasteiger partial charge is 0.119 e. The number of likely N-dealkylation sites (tertiary alicyclic amines) is 1. The molecule has 0 bridgehead atoms. The van der Waals surface area contributed by atoms with Gasteiger partial charge in [-0.15, -0.1) is 0 Å². The zero-order chi connectivity index (χ0) is 15.4. The molecule has 22 heavy (non-hydrogen) atoms. The first-order valence-electron chi connectivity index (χ1n) is 8.69. The number of nitrogens with one attached hydrogen (secondary N) is 1. The van der Waals surface area contributed by atoms with Gasteiger partial charge in [0.15, 0.2) is 0 Å². The number of nitrogens with zero attached hydrogens (tertiary/aromatic N) is 2. The average molecular weight is 303 g/mol. The minimum atomic E-state index is 0.375. The van der Waals surface area contributed by atoms with Gasteiger partial charge >= 0.3 is 0 Å². The minimum Gasteiger partial charge on any atom is -0.490 e. The third-order valence-electron chi connectivity index (χ3n) is 4.83. The summed E-state index contributed by atoms with van der Waals surface area (Å²) in [6.07, 6.45) is 2.65. The first kappa shape index (κ1) is 15.6. The second-order valence-corrected chi connectivity index (χ2v) is 6.68. The van der Waals surface area contributed by atoms with E-state index < -0.39 is 0 Å². The summed E-state index contributed by atoms with van der Waals surface area (Å²) in [6.45, 7) is 11.2. The molecule has 0 aromatic heterocycles. The maximum atomic E-state index is 6.17. The van der Waals surface area contributed by atoms with Gasteiger partial charge in [-0.1, -0.05) is 0 Å². The molecule has 0 unspecified atom stereocenters. The van der Waals surface area contributed by atoms with Crippen molar-refractivity contribution in [3.63, 3.8) is 0 Å². The molecular formula is C18H29N3O. The number of hydrogen-bond acceptors (Lipinski definition) is 4. The number of rotatable bonds is 4. The third kappa shape index (κ3) is 3.93. The fourth-order valence-electron chi connectivity index (χ4n) is 3.36. The summed E-state index contributed by atoms with van der Waals surface area (Å²) in [5.74, 6) is 1.02. The van der Waals surface area contributed by atoms with E-state index in [2.05, 4.69) is 53.2 Å². The van der Waals surface area contributed by atoms with Gasteiger partial charge in [0.05, 0.1) is 0 Å². The van der Waals surface area contributed by atoms with Gasteiger partial charge in [-0.3, -0.25) is 0 Å². The van der Waals surface area contributed by atoms with Gasteiger partial charge in [0.25, 0.3) is 0 Å². The molecule has 4 nitrogen and oxygen atoms in total. The highest BCUT2D eigenvalue weighted by Gasteiger charge is 2.22. The molecule has 0 radical (unpaired) electrons. The predicted molar refractivity (Wildman–Crippen MR) is 91.9 cm³/mol. The maximum Gasteiger partial charge on any atom is 0.119 e. The second-order valence-electron chi connectivity index (χ2n) is 6.68. The first-order valence-corrected chi connectivity index (χ1v) is 8.69. The monoisotopic (exact) mass is 303 g/mol. The lowest BCUT2D eigenvalue weighted by atomic mass is 10.1. The SMILES string of the molecule is CC(C)N1CCC(Oc2ccc(N3CCNCC3)cc2)CC1. The summed E-state index contributed by atoms with van der Waals surface area (Å²) < 4.78 is 6.17. The molecule has 4 heteroatoms. The Morgan fingerprint density at radius 1 is 1.00 bits per heavy atom. The lowest BCUT2D eigenvalue weighted by molar-refractivity contribution is 0.0843. The van der Waals surface area contributed by atoms with E-state index in [1.807, 2.05) is 0 Å². The molecular weight excluding hydrogens is 274 g/mol. The Morgan fingerprint density at radius 2 is 1.64 bits per heavy atom. The summed E-state index contributed by atoms with van der Waals surface area (Å²) >= 11 is 0. The Balaban J connectivity index is 1.51. The molecule has 0 spiro atoms. The van der Waals surface area contributed by atoms with Crippen LogP contribution in [-0.2, 0) is 0 Å². The number of benzene rings is 1.